The van der Waals surface area contributed by atoms with Crippen LogP contribution in [0.15, 0.2) is 78.9 Å². The van der Waals surface area contributed by atoms with Crippen LogP contribution in [0.2, 0.25) is 0 Å². The van der Waals surface area contributed by atoms with E-state index >= 15 is 0 Å². The average Bonchev–Trinajstić information content (AvgIpc) is 3.02. The number of aliphatic hydroxyl groups is 1. The highest BCUT2D eigenvalue weighted by Gasteiger charge is 2.50. The highest BCUT2D eigenvalue weighted by atomic mass is 16.5. The Morgan fingerprint density at radius 1 is 0.935 bits per heavy atom. The predicted molar refractivity (Wildman–Crippen MR) is 117 cm³/mol. The topological polar surface area (TPSA) is 76.1 Å². The number of Topliss-reactive ketones (excluding diaryl/α,β-unsaturated/α-hetero) is 1. The van der Waals surface area contributed by atoms with Crippen LogP contribution < -0.4 is 14.4 Å². The van der Waals surface area contributed by atoms with Crippen molar-refractivity contribution in [3.63, 3.8) is 0 Å². The summed E-state index contributed by atoms with van der Waals surface area (Å²) in [5.74, 6) is 0.347. The van der Waals surface area contributed by atoms with Crippen LogP contribution in [0, 0.1) is 0 Å². The lowest BCUT2D eigenvalue weighted by molar-refractivity contribution is -0.135. The predicted octanol–water partition coefficient (Wildman–Crippen LogP) is 3.58. The zero-order chi connectivity index (χ0) is 21.8. The van der Waals surface area contributed by atoms with Gasteiger partial charge in [0.2, 0.25) is 0 Å². The number of carbonyl (C=O) groups is 2. The van der Waals surface area contributed by atoms with Gasteiger partial charge in [-0.25, -0.2) is 0 Å². The summed E-state index contributed by atoms with van der Waals surface area (Å²) >= 11 is 0. The lowest BCUT2D eigenvalue weighted by Crippen LogP contribution is -2.43. The minimum atomic E-state index is -1.91. The molecule has 0 spiro atoms. The second kappa shape index (κ2) is 8.62. The summed E-state index contributed by atoms with van der Waals surface area (Å²) in [5.41, 5.74) is -0.436. The normalized spacial score (nSPS) is 17.4. The van der Waals surface area contributed by atoms with Crippen LogP contribution in [0.4, 0.5) is 5.69 Å². The molecule has 4 rings (SSSR count). The number of fused-ring (bicyclic) bond motifs is 1. The van der Waals surface area contributed by atoms with E-state index in [1.807, 2.05) is 18.2 Å². The van der Waals surface area contributed by atoms with Crippen LogP contribution in [0.5, 0.6) is 11.5 Å². The second-order valence-corrected chi connectivity index (χ2v) is 7.30. The number of rotatable bonds is 8. The Morgan fingerprint density at radius 3 is 2.32 bits per heavy atom. The van der Waals surface area contributed by atoms with E-state index in [9.17, 15) is 14.7 Å². The van der Waals surface area contributed by atoms with Crippen molar-refractivity contribution >= 4 is 17.4 Å². The van der Waals surface area contributed by atoms with Crippen molar-refractivity contribution in [2.75, 3.05) is 25.2 Å². The van der Waals surface area contributed by atoms with Gasteiger partial charge in [0, 0.05) is 11.1 Å². The van der Waals surface area contributed by atoms with Crippen LogP contribution in [-0.2, 0) is 10.4 Å². The van der Waals surface area contributed by atoms with Crippen molar-refractivity contribution in [2.24, 2.45) is 0 Å². The highest BCUT2D eigenvalue weighted by Crippen LogP contribution is 2.42. The smallest absolute Gasteiger partial charge is 0.264 e. The van der Waals surface area contributed by atoms with Crippen LogP contribution >= 0.6 is 0 Å². The standard InChI is InChI=1S/C25H23NO5/c1-30-22-13-7-8-14-23(22)31-16-15-26-20-12-6-5-11-19(20)25(29,24(26)28)17-21(27)18-9-3-2-4-10-18/h2-14,29H,15-17H2,1H3. The quantitative estimate of drug-likeness (QED) is 0.567. The Balaban J connectivity index is 1.54. The first-order valence-electron chi connectivity index (χ1n) is 10.0. The molecule has 0 aliphatic carbocycles. The molecule has 0 saturated carbocycles. The molecular weight excluding hydrogens is 394 g/mol. The number of hydrogen-bond donors (Lipinski definition) is 1. The van der Waals surface area contributed by atoms with Gasteiger partial charge in [0.25, 0.3) is 5.91 Å². The number of para-hydroxylation sites is 3. The number of ether oxygens (including phenoxy) is 2. The Bertz CT molecular complexity index is 1100. The number of anilines is 1. The molecule has 0 radical (unpaired) electrons. The third-order valence-corrected chi connectivity index (χ3v) is 5.39. The SMILES string of the molecule is COc1ccccc1OCCN1C(=O)C(O)(CC(=O)c2ccccc2)c2ccccc21. The van der Waals surface area contributed by atoms with Crippen LogP contribution in [0.25, 0.3) is 0 Å². The zero-order valence-corrected chi connectivity index (χ0v) is 17.2. The molecule has 158 valence electrons. The van der Waals surface area contributed by atoms with Crippen molar-refractivity contribution < 1.29 is 24.2 Å². The zero-order valence-electron chi connectivity index (χ0n) is 17.2. The van der Waals surface area contributed by atoms with E-state index in [-0.39, 0.29) is 25.4 Å². The fraction of sp³-hybridized carbons (Fsp3) is 0.200. The van der Waals surface area contributed by atoms with Gasteiger partial charge in [-0.15, -0.1) is 0 Å². The summed E-state index contributed by atoms with van der Waals surface area (Å²) in [4.78, 5) is 27.5. The van der Waals surface area contributed by atoms with Crippen molar-refractivity contribution in [1.82, 2.24) is 0 Å². The highest BCUT2D eigenvalue weighted by molar-refractivity contribution is 6.10. The Kier molecular flexibility index (Phi) is 5.73. The van der Waals surface area contributed by atoms with Crippen LogP contribution in [0.3, 0.4) is 0 Å². The molecule has 1 atom stereocenters. The van der Waals surface area contributed by atoms with Gasteiger partial charge < -0.3 is 19.5 Å². The van der Waals surface area contributed by atoms with Crippen molar-refractivity contribution in [3.05, 3.63) is 90.0 Å². The molecule has 31 heavy (non-hydrogen) atoms. The summed E-state index contributed by atoms with van der Waals surface area (Å²) in [7, 11) is 1.56. The summed E-state index contributed by atoms with van der Waals surface area (Å²) < 4.78 is 11.1. The van der Waals surface area contributed by atoms with Gasteiger partial charge in [-0.05, 0) is 18.2 Å². The Hall–Kier alpha value is -3.64. The number of benzene rings is 3. The van der Waals surface area contributed by atoms with E-state index < -0.39 is 11.5 Å². The van der Waals surface area contributed by atoms with Gasteiger partial charge in [-0.1, -0.05) is 60.7 Å². The van der Waals surface area contributed by atoms with Crippen LogP contribution in [-0.4, -0.2) is 37.1 Å². The molecule has 3 aromatic carbocycles. The maximum absolute atomic E-state index is 13.3. The molecule has 1 aliphatic rings. The van der Waals surface area contributed by atoms with Gasteiger partial charge in [0.1, 0.15) is 6.61 Å². The third kappa shape index (κ3) is 3.90. The molecule has 0 aromatic heterocycles. The van der Waals surface area contributed by atoms with E-state index in [0.717, 1.165) is 0 Å². The van der Waals surface area contributed by atoms with Crippen molar-refractivity contribution in [3.8, 4) is 11.5 Å². The van der Waals surface area contributed by atoms with Crippen LogP contribution in [0.1, 0.15) is 22.3 Å². The molecule has 0 saturated heterocycles. The molecule has 1 amide bonds. The average molecular weight is 417 g/mol. The van der Waals surface area contributed by atoms with Gasteiger partial charge >= 0.3 is 0 Å². The number of hydrogen-bond acceptors (Lipinski definition) is 5. The minimum absolute atomic E-state index is 0.198. The molecule has 1 heterocycles. The maximum Gasteiger partial charge on any atom is 0.264 e. The lowest BCUT2D eigenvalue weighted by Gasteiger charge is -2.23. The summed E-state index contributed by atoms with van der Waals surface area (Å²) in [6.45, 7) is 0.416. The monoisotopic (exact) mass is 417 g/mol. The number of ketones is 1. The fourth-order valence-electron chi connectivity index (χ4n) is 3.84. The summed E-state index contributed by atoms with van der Waals surface area (Å²) in [6, 6.07) is 22.9. The summed E-state index contributed by atoms with van der Waals surface area (Å²) in [6.07, 6.45) is -0.323. The van der Waals surface area contributed by atoms with Gasteiger partial charge in [-0.2, -0.15) is 0 Å². The Morgan fingerprint density at radius 2 is 1.58 bits per heavy atom. The molecule has 1 unspecified atom stereocenters. The molecule has 1 N–H and O–H groups in total. The van der Waals surface area contributed by atoms with Gasteiger partial charge in [0.05, 0.1) is 25.8 Å². The van der Waals surface area contributed by atoms with Gasteiger partial charge in [0.15, 0.2) is 22.9 Å². The van der Waals surface area contributed by atoms with Crippen molar-refractivity contribution in [2.45, 2.75) is 12.0 Å². The number of amides is 1. The fourth-order valence-corrected chi connectivity index (χ4v) is 3.84. The van der Waals surface area contributed by atoms with E-state index in [0.29, 0.717) is 28.3 Å². The first kappa shape index (κ1) is 20.6. The maximum atomic E-state index is 13.3. The second-order valence-electron chi connectivity index (χ2n) is 7.30. The van der Waals surface area contributed by atoms with E-state index in [1.54, 1.807) is 67.8 Å². The van der Waals surface area contributed by atoms with E-state index in [2.05, 4.69) is 0 Å². The first-order chi connectivity index (χ1) is 15.0. The molecule has 0 bridgehead atoms. The summed E-state index contributed by atoms with van der Waals surface area (Å²) in [5, 5.41) is 11.3. The number of methoxy groups -OCH3 is 1. The van der Waals surface area contributed by atoms with E-state index in [1.165, 1.54) is 4.90 Å². The number of carbonyl (C=O) groups excluding carboxylic acids is 2. The first-order valence-corrected chi connectivity index (χ1v) is 10.0. The van der Waals surface area contributed by atoms with E-state index in [4.69, 9.17) is 9.47 Å². The molecule has 3 aromatic rings. The minimum Gasteiger partial charge on any atom is -0.493 e. The molecule has 1 aliphatic heterocycles. The lowest BCUT2D eigenvalue weighted by atomic mass is 9.88. The molecule has 6 heteroatoms. The molecule has 6 nitrogen and oxygen atoms in total. The van der Waals surface area contributed by atoms with Gasteiger partial charge in [-0.3, -0.25) is 9.59 Å². The molecular formula is C25H23NO5. The molecule has 0 fully saturated rings. The Labute approximate surface area is 180 Å². The largest absolute Gasteiger partial charge is 0.493 e. The number of nitrogens with zero attached hydrogens (tertiary/aromatic N) is 1. The third-order valence-electron chi connectivity index (χ3n) is 5.39. The van der Waals surface area contributed by atoms with Crippen molar-refractivity contribution in [1.29, 1.82) is 0 Å².